The number of hydrogen-bond acceptors (Lipinski definition) is 7. The van der Waals surface area contributed by atoms with Crippen LogP contribution in [-0.2, 0) is 4.79 Å². The van der Waals surface area contributed by atoms with E-state index in [-0.39, 0.29) is 24.5 Å². The van der Waals surface area contributed by atoms with E-state index in [2.05, 4.69) is 10.3 Å². The molecule has 1 atom stereocenters. The van der Waals surface area contributed by atoms with Gasteiger partial charge in [-0.05, 0) is 56.0 Å². The van der Waals surface area contributed by atoms with Gasteiger partial charge in [-0.3, -0.25) is 4.79 Å². The Morgan fingerprint density at radius 1 is 1.12 bits per heavy atom. The van der Waals surface area contributed by atoms with Crippen molar-refractivity contribution < 1.29 is 24.8 Å². The van der Waals surface area contributed by atoms with Gasteiger partial charge in [-0.25, -0.2) is 19.9 Å². The number of nitrogens with two attached hydrogens (primary N) is 2. The van der Waals surface area contributed by atoms with Crippen molar-refractivity contribution in [1.82, 2.24) is 5.43 Å². The molecule has 0 radical (unpaired) electrons. The molecule has 0 aromatic heterocycles. The van der Waals surface area contributed by atoms with Crippen LogP contribution < -0.4 is 22.2 Å². The maximum Gasteiger partial charge on any atom is 0.337 e. The van der Waals surface area contributed by atoms with E-state index in [0.717, 1.165) is 11.3 Å². The van der Waals surface area contributed by atoms with E-state index in [1.807, 2.05) is 38.1 Å². The van der Waals surface area contributed by atoms with E-state index in [9.17, 15) is 19.7 Å². The number of nitrogens with one attached hydrogen (secondary N) is 2. The maximum absolute atomic E-state index is 11.1. The summed E-state index contributed by atoms with van der Waals surface area (Å²) in [4.78, 5) is 34.9. The molecule has 12 nitrogen and oxygen atoms in total. The minimum atomic E-state index is -1.09. The number of aryl methyl sites for hydroxylation is 1. The summed E-state index contributed by atoms with van der Waals surface area (Å²) < 4.78 is 0. The molecule has 0 aliphatic heterocycles. The van der Waals surface area contributed by atoms with E-state index in [4.69, 9.17) is 21.7 Å². The molecule has 178 valence electrons. The van der Waals surface area contributed by atoms with Gasteiger partial charge in [0.05, 0.1) is 11.3 Å². The van der Waals surface area contributed by atoms with Crippen LogP contribution in [0.3, 0.4) is 0 Å². The van der Waals surface area contributed by atoms with Crippen molar-refractivity contribution in [3.8, 4) is 0 Å². The van der Waals surface area contributed by atoms with Crippen molar-refractivity contribution in [2.24, 2.45) is 16.5 Å². The Hall–Kier alpha value is -4.19. The third-order valence-electron chi connectivity index (χ3n) is 4.51. The summed E-state index contributed by atoms with van der Waals surface area (Å²) in [5, 5.41) is 29.8. The first-order chi connectivity index (χ1) is 15.5. The van der Waals surface area contributed by atoms with Gasteiger partial charge in [0, 0.05) is 12.2 Å². The molecule has 2 aromatic rings. The largest absolute Gasteiger partial charge is 0.480 e. The van der Waals surface area contributed by atoms with E-state index in [0.29, 0.717) is 12.1 Å². The number of para-hydroxylation sites is 1. The molecule has 0 fully saturated rings. The quantitative estimate of drug-likeness (QED) is 0.105. The number of hydrogen-bond donors (Lipinski definition) is 6. The zero-order valence-electron chi connectivity index (χ0n) is 18.3. The molecule has 0 saturated heterocycles. The highest BCUT2D eigenvalue weighted by Crippen LogP contribution is 2.25. The highest BCUT2D eigenvalue weighted by atomic mass is 16.7. The van der Waals surface area contributed by atoms with Crippen molar-refractivity contribution in [2.75, 3.05) is 11.9 Å². The lowest BCUT2D eigenvalue weighted by Crippen LogP contribution is -2.36. The molecule has 0 unspecified atom stereocenters. The van der Waals surface area contributed by atoms with Gasteiger partial charge in [0.1, 0.15) is 6.04 Å². The molecule has 8 N–H and O–H groups in total. The monoisotopic (exact) mass is 460 g/mol. The highest BCUT2D eigenvalue weighted by molar-refractivity contribution is 5.95. The third kappa shape index (κ3) is 9.65. The first kappa shape index (κ1) is 26.8. The van der Waals surface area contributed by atoms with Gasteiger partial charge in [-0.15, -0.1) is 0 Å². The number of anilines is 2. The number of carbonyl (C=O) groups is 2. The molecule has 2 rings (SSSR count). The predicted octanol–water partition coefficient (Wildman–Crippen LogP) is 2.02. The summed E-state index contributed by atoms with van der Waals surface area (Å²) in [6, 6.07) is 11.9. The lowest BCUT2D eigenvalue weighted by Gasteiger charge is -2.13. The number of carboxylic acids is 2. The summed E-state index contributed by atoms with van der Waals surface area (Å²) in [5.74, 6) is -2.33. The number of benzene rings is 2. The summed E-state index contributed by atoms with van der Waals surface area (Å²) >= 11 is 0. The minimum Gasteiger partial charge on any atom is -0.480 e. The van der Waals surface area contributed by atoms with E-state index < -0.39 is 23.0 Å². The lowest BCUT2D eigenvalue weighted by molar-refractivity contribution is -0.525. The average molecular weight is 460 g/mol. The minimum absolute atomic E-state index is 0.188. The number of guanidine groups is 1. The van der Waals surface area contributed by atoms with Crippen LogP contribution in [0.2, 0.25) is 0 Å². The summed E-state index contributed by atoms with van der Waals surface area (Å²) in [5.41, 5.74) is 16.1. The van der Waals surface area contributed by atoms with Crippen LogP contribution in [0.1, 0.15) is 34.3 Å². The Morgan fingerprint density at radius 2 is 1.76 bits per heavy atom. The second-order valence-corrected chi connectivity index (χ2v) is 6.95. The molecule has 0 bridgehead atoms. The van der Waals surface area contributed by atoms with Gasteiger partial charge < -0.3 is 27.0 Å². The standard InChI is InChI=1S/C15H15NO2.C6H13N5O4/c1-10-6-5-9-13(11(10)2)16-14-8-4-3-7-12(14)15(17)18;7-4(5(12)13)2-1-3-9-6(8)10-11(14)15/h3-9,16H,1-2H3,(H,17,18);4H,1-3,7H2,(H,12,13)(H3,8,9,10)/t;4-/m.0/s1. The predicted molar refractivity (Wildman–Crippen MR) is 124 cm³/mol. The van der Waals surface area contributed by atoms with Crippen LogP contribution in [0.15, 0.2) is 47.5 Å². The number of aliphatic carboxylic acids is 1. The Bertz CT molecular complexity index is 1010. The molecule has 0 heterocycles. The van der Waals surface area contributed by atoms with Crippen molar-refractivity contribution >= 4 is 29.3 Å². The number of aromatic carboxylic acids is 1. The fraction of sp³-hybridized carbons (Fsp3) is 0.286. The van der Waals surface area contributed by atoms with Crippen molar-refractivity contribution in [3.63, 3.8) is 0 Å². The Morgan fingerprint density at radius 3 is 2.36 bits per heavy atom. The molecule has 2 aromatic carbocycles. The highest BCUT2D eigenvalue weighted by Gasteiger charge is 2.11. The second kappa shape index (κ2) is 13.3. The summed E-state index contributed by atoms with van der Waals surface area (Å²) in [6.45, 7) is 4.23. The van der Waals surface area contributed by atoms with E-state index in [1.54, 1.807) is 23.6 Å². The SMILES string of the molecule is Cc1cccc(Nc2ccccc2C(=O)O)c1C.NC(=NCCC[C@H](N)C(=O)O)N[N+](=O)[O-]. The summed E-state index contributed by atoms with van der Waals surface area (Å²) in [6.07, 6.45) is 0.637. The second-order valence-electron chi connectivity index (χ2n) is 6.95. The van der Waals surface area contributed by atoms with Crippen LogP contribution in [0.5, 0.6) is 0 Å². The molecule has 0 aliphatic carbocycles. The maximum atomic E-state index is 11.1. The fourth-order valence-electron chi connectivity index (χ4n) is 2.57. The van der Waals surface area contributed by atoms with Gasteiger partial charge >= 0.3 is 11.9 Å². The normalized spacial score (nSPS) is 11.5. The number of nitrogens with zero attached hydrogens (tertiary/aromatic N) is 2. The lowest BCUT2D eigenvalue weighted by atomic mass is 10.1. The summed E-state index contributed by atoms with van der Waals surface area (Å²) in [7, 11) is 0. The first-order valence-electron chi connectivity index (χ1n) is 9.87. The first-order valence-corrected chi connectivity index (χ1v) is 9.87. The van der Waals surface area contributed by atoms with Gasteiger partial charge in [-0.2, -0.15) is 0 Å². The van der Waals surface area contributed by atoms with Crippen LogP contribution in [0, 0.1) is 24.0 Å². The van der Waals surface area contributed by atoms with Gasteiger partial charge in [0.2, 0.25) is 0 Å². The van der Waals surface area contributed by atoms with Crippen LogP contribution >= 0.6 is 0 Å². The van der Waals surface area contributed by atoms with E-state index >= 15 is 0 Å². The van der Waals surface area contributed by atoms with Crippen molar-refractivity contribution in [3.05, 3.63) is 69.3 Å². The smallest absolute Gasteiger partial charge is 0.337 e. The molecule has 0 amide bonds. The number of rotatable bonds is 9. The average Bonchev–Trinajstić information content (AvgIpc) is 2.74. The van der Waals surface area contributed by atoms with Crippen LogP contribution in [0.4, 0.5) is 11.4 Å². The Labute approximate surface area is 190 Å². The van der Waals surface area contributed by atoms with Crippen LogP contribution in [0.25, 0.3) is 0 Å². The Kier molecular flexibility index (Phi) is 10.8. The fourth-order valence-corrected chi connectivity index (χ4v) is 2.57. The van der Waals surface area contributed by atoms with Crippen LogP contribution in [-0.4, -0.2) is 45.7 Å². The molecule has 0 aliphatic rings. The number of aliphatic imine (C=N–C) groups is 1. The number of carboxylic acid groups (broad SMARTS) is 2. The number of hydrazine groups is 1. The molecule has 0 spiro atoms. The van der Waals surface area contributed by atoms with Gasteiger partial charge in [-0.1, -0.05) is 29.7 Å². The third-order valence-corrected chi connectivity index (χ3v) is 4.51. The van der Waals surface area contributed by atoms with E-state index in [1.165, 1.54) is 5.56 Å². The number of nitro groups is 1. The van der Waals surface area contributed by atoms with Crippen molar-refractivity contribution in [2.45, 2.75) is 32.7 Å². The zero-order valence-corrected chi connectivity index (χ0v) is 18.3. The Balaban J connectivity index is 0.000000337. The van der Waals surface area contributed by atoms with Gasteiger partial charge in [0.25, 0.3) is 5.96 Å². The zero-order chi connectivity index (χ0) is 25.0. The van der Waals surface area contributed by atoms with Gasteiger partial charge in [0.15, 0.2) is 5.03 Å². The molecule has 0 saturated carbocycles. The van der Waals surface area contributed by atoms with Crippen molar-refractivity contribution in [1.29, 1.82) is 0 Å². The molecular weight excluding hydrogens is 432 g/mol. The molecule has 12 heteroatoms. The topological polar surface area (TPSA) is 206 Å². The molecular formula is C21H28N6O6. The molecule has 33 heavy (non-hydrogen) atoms.